The van der Waals surface area contributed by atoms with Gasteiger partial charge in [0.1, 0.15) is 16.5 Å². The summed E-state index contributed by atoms with van der Waals surface area (Å²) in [5.74, 6) is -0.109. The van der Waals surface area contributed by atoms with E-state index < -0.39 is 5.97 Å². The number of carboxylic acids is 1. The van der Waals surface area contributed by atoms with Crippen LogP contribution < -0.4 is 0 Å². The zero-order chi connectivity index (χ0) is 12.3. The summed E-state index contributed by atoms with van der Waals surface area (Å²) in [6.07, 6.45) is 2.25. The zero-order valence-electron chi connectivity index (χ0n) is 9.25. The van der Waals surface area contributed by atoms with E-state index in [1.807, 2.05) is 12.3 Å². The zero-order valence-corrected chi connectivity index (χ0v) is 10.1. The fourth-order valence-corrected chi connectivity index (χ4v) is 2.17. The highest BCUT2D eigenvalue weighted by Crippen LogP contribution is 2.22. The number of aliphatic carboxylic acids is 1. The van der Waals surface area contributed by atoms with Gasteiger partial charge in [0.05, 0.1) is 12.1 Å². The van der Waals surface area contributed by atoms with E-state index in [1.54, 1.807) is 12.3 Å². The lowest BCUT2D eigenvalue weighted by Gasteiger charge is -1.96. The Hall–Kier alpha value is -1.82. The molecule has 17 heavy (non-hydrogen) atoms. The summed E-state index contributed by atoms with van der Waals surface area (Å²) in [5, 5.41) is 11.3. The maximum Gasteiger partial charge on any atom is 0.303 e. The third-order valence-corrected chi connectivity index (χ3v) is 3.06. The topological polar surface area (TPSA) is 76.0 Å². The Labute approximate surface area is 102 Å². The number of rotatable bonds is 4. The number of aryl methyl sites for hydroxylation is 2. The first-order valence-corrected chi connectivity index (χ1v) is 5.99. The van der Waals surface area contributed by atoms with Crippen molar-refractivity contribution in [3.63, 3.8) is 0 Å². The second-order valence-electron chi connectivity index (χ2n) is 3.53. The average molecular weight is 249 g/mol. The second kappa shape index (κ2) is 5.01. The van der Waals surface area contributed by atoms with Crippen molar-refractivity contribution in [2.75, 3.05) is 0 Å². The minimum atomic E-state index is -0.808. The molecule has 0 atom stereocenters. The van der Waals surface area contributed by atoms with Crippen LogP contribution in [0.15, 0.2) is 17.6 Å². The molecule has 6 heteroatoms. The normalized spacial score (nSPS) is 10.4. The first-order valence-electron chi connectivity index (χ1n) is 5.11. The van der Waals surface area contributed by atoms with Gasteiger partial charge in [0, 0.05) is 18.0 Å². The summed E-state index contributed by atoms with van der Waals surface area (Å²) in [4.78, 5) is 23.1. The summed E-state index contributed by atoms with van der Waals surface area (Å²) >= 11 is 1.47. The number of thiazole rings is 1. The molecule has 0 saturated carbocycles. The van der Waals surface area contributed by atoms with E-state index in [-0.39, 0.29) is 6.42 Å². The van der Waals surface area contributed by atoms with Crippen LogP contribution in [0.5, 0.6) is 0 Å². The Morgan fingerprint density at radius 3 is 3.00 bits per heavy atom. The third kappa shape index (κ3) is 3.07. The van der Waals surface area contributed by atoms with Crippen LogP contribution in [0.4, 0.5) is 0 Å². The third-order valence-electron chi connectivity index (χ3n) is 2.14. The molecule has 2 heterocycles. The number of carboxylic acid groups (broad SMARTS) is 1. The maximum absolute atomic E-state index is 10.4. The van der Waals surface area contributed by atoms with Gasteiger partial charge in [0.25, 0.3) is 0 Å². The first-order chi connectivity index (χ1) is 8.15. The highest BCUT2D eigenvalue weighted by molar-refractivity contribution is 7.13. The van der Waals surface area contributed by atoms with Crippen molar-refractivity contribution in [2.45, 2.75) is 19.8 Å². The summed E-state index contributed by atoms with van der Waals surface area (Å²) in [6, 6.07) is 1.80. The van der Waals surface area contributed by atoms with Crippen molar-refractivity contribution in [3.05, 3.63) is 29.2 Å². The summed E-state index contributed by atoms with van der Waals surface area (Å²) in [5.41, 5.74) is 1.58. The Balaban J connectivity index is 2.15. The van der Waals surface area contributed by atoms with Crippen LogP contribution in [0.3, 0.4) is 0 Å². The monoisotopic (exact) mass is 249 g/mol. The molecule has 0 radical (unpaired) electrons. The van der Waals surface area contributed by atoms with Gasteiger partial charge in [-0.3, -0.25) is 4.79 Å². The molecule has 2 rings (SSSR count). The van der Waals surface area contributed by atoms with E-state index >= 15 is 0 Å². The molecule has 0 aliphatic carbocycles. The second-order valence-corrected chi connectivity index (χ2v) is 4.38. The average Bonchev–Trinajstić information content (AvgIpc) is 2.75. The van der Waals surface area contributed by atoms with Gasteiger partial charge in [0.2, 0.25) is 0 Å². The molecular formula is C11H11N3O2S. The molecule has 0 fully saturated rings. The largest absolute Gasteiger partial charge is 0.481 e. The van der Waals surface area contributed by atoms with Gasteiger partial charge in [-0.1, -0.05) is 0 Å². The fraction of sp³-hybridized carbons (Fsp3) is 0.273. The van der Waals surface area contributed by atoms with Crippen molar-refractivity contribution in [3.8, 4) is 10.7 Å². The number of carbonyl (C=O) groups is 1. The number of aromatic nitrogens is 3. The van der Waals surface area contributed by atoms with E-state index in [4.69, 9.17) is 5.11 Å². The van der Waals surface area contributed by atoms with Crippen molar-refractivity contribution in [2.24, 2.45) is 0 Å². The molecule has 0 spiro atoms. The number of hydrogen-bond donors (Lipinski definition) is 1. The lowest BCUT2D eigenvalue weighted by atomic mass is 10.2. The van der Waals surface area contributed by atoms with Crippen LogP contribution in [0.1, 0.15) is 17.9 Å². The maximum atomic E-state index is 10.4. The summed E-state index contributed by atoms with van der Waals surface area (Å²) in [7, 11) is 0. The van der Waals surface area contributed by atoms with E-state index in [1.165, 1.54) is 11.3 Å². The van der Waals surface area contributed by atoms with Crippen LogP contribution in [0.25, 0.3) is 10.7 Å². The van der Waals surface area contributed by atoms with Crippen LogP contribution in [0.2, 0.25) is 0 Å². The predicted octanol–water partition coefficient (Wildman–Crippen LogP) is 1.93. The highest BCUT2D eigenvalue weighted by Gasteiger charge is 2.07. The molecule has 2 aromatic heterocycles. The van der Waals surface area contributed by atoms with Crippen LogP contribution in [-0.2, 0) is 11.2 Å². The molecule has 0 bridgehead atoms. The van der Waals surface area contributed by atoms with Gasteiger partial charge in [0.15, 0.2) is 0 Å². The predicted molar refractivity (Wildman–Crippen MR) is 63.8 cm³/mol. The van der Waals surface area contributed by atoms with Crippen LogP contribution in [0, 0.1) is 6.92 Å². The van der Waals surface area contributed by atoms with Gasteiger partial charge >= 0.3 is 5.97 Å². The van der Waals surface area contributed by atoms with Gasteiger partial charge in [-0.2, -0.15) is 0 Å². The lowest BCUT2D eigenvalue weighted by molar-refractivity contribution is -0.136. The van der Waals surface area contributed by atoms with Crippen LogP contribution in [-0.4, -0.2) is 26.0 Å². The van der Waals surface area contributed by atoms with Gasteiger partial charge in [-0.25, -0.2) is 15.0 Å². The van der Waals surface area contributed by atoms with Crippen molar-refractivity contribution in [1.29, 1.82) is 0 Å². The highest BCUT2D eigenvalue weighted by atomic mass is 32.1. The molecule has 0 aliphatic heterocycles. The molecular weight excluding hydrogens is 238 g/mol. The quantitative estimate of drug-likeness (QED) is 0.895. The molecule has 0 unspecified atom stereocenters. The molecule has 0 aliphatic rings. The van der Waals surface area contributed by atoms with E-state index in [0.717, 1.165) is 16.4 Å². The minimum Gasteiger partial charge on any atom is -0.481 e. The molecule has 88 valence electrons. The first kappa shape index (κ1) is 11.7. The fourth-order valence-electron chi connectivity index (χ4n) is 1.35. The van der Waals surface area contributed by atoms with Crippen molar-refractivity contribution >= 4 is 17.3 Å². The van der Waals surface area contributed by atoms with Gasteiger partial charge in [-0.05, 0) is 13.0 Å². The molecule has 0 amide bonds. The van der Waals surface area contributed by atoms with E-state index in [9.17, 15) is 4.79 Å². The van der Waals surface area contributed by atoms with Crippen LogP contribution >= 0.6 is 11.3 Å². The number of hydrogen-bond acceptors (Lipinski definition) is 5. The number of nitrogens with zero attached hydrogens (tertiary/aromatic N) is 3. The Morgan fingerprint density at radius 2 is 2.29 bits per heavy atom. The Morgan fingerprint density at radius 1 is 1.47 bits per heavy atom. The Kier molecular flexibility index (Phi) is 3.43. The molecule has 1 N–H and O–H groups in total. The van der Waals surface area contributed by atoms with Gasteiger partial charge < -0.3 is 5.11 Å². The standard InChI is InChI=1S/C11H11N3O2S/c1-7-12-5-4-9(13-7)11-14-8(6-17-11)2-3-10(15)16/h4-6H,2-3H2,1H3,(H,15,16). The summed E-state index contributed by atoms with van der Waals surface area (Å²) < 4.78 is 0. The SMILES string of the molecule is Cc1nccc(-c2nc(CCC(=O)O)cs2)n1. The molecule has 0 aromatic carbocycles. The Bertz CT molecular complexity index is 539. The van der Waals surface area contributed by atoms with Gasteiger partial charge in [-0.15, -0.1) is 11.3 Å². The van der Waals surface area contributed by atoms with E-state index in [0.29, 0.717) is 12.2 Å². The molecule has 5 nitrogen and oxygen atoms in total. The summed E-state index contributed by atoms with van der Waals surface area (Å²) in [6.45, 7) is 1.82. The van der Waals surface area contributed by atoms with Crippen molar-refractivity contribution < 1.29 is 9.90 Å². The smallest absolute Gasteiger partial charge is 0.303 e. The minimum absolute atomic E-state index is 0.103. The molecule has 2 aromatic rings. The van der Waals surface area contributed by atoms with E-state index in [2.05, 4.69) is 15.0 Å². The van der Waals surface area contributed by atoms with Crippen molar-refractivity contribution in [1.82, 2.24) is 15.0 Å². The lowest BCUT2D eigenvalue weighted by Crippen LogP contribution is -1.97. The molecule has 0 saturated heterocycles.